The van der Waals surface area contributed by atoms with Crippen LogP contribution in [0.4, 0.5) is 5.69 Å². The molecule has 0 fully saturated rings. The molecule has 0 aliphatic heterocycles. The van der Waals surface area contributed by atoms with Crippen LogP contribution >= 0.6 is 34.8 Å². The number of amides is 2. The van der Waals surface area contributed by atoms with Crippen molar-refractivity contribution in [3.8, 4) is 5.75 Å². The smallest absolute Gasteiger partial charge is 0.264 e. The van der Waals surface area contributed by atoms with E-state index in [1.54, 1.807) is 42.5 Å². The van der Waals surface area contributed by atoms with E-state index in [1.165, 1.54) is 43.3 Å². The Hall–Kier alpha value is -3.76. The summed E-state index contributed by atoms with van der Waals surface area (Å²) in [7, 11) is -1.49. The van der Waals surface area contributed by atoms with E-state index >= 15 is 0 Å². The lowest BCUT2D eigenvalue weighted by Crippen LogP contribution is -2.53. The molecule has 12 heteroatoms. The van der Waals surface area contributed by atoms with E-state index in [4.69, 9.17) is 39.5 Å². The van der Waals surface area contributed by atoms with E-state index in [1.807, 2.05) is 30.3 Å². The highest BCUT2D eigenvalue weighted by molar-refractivity contribution is 7.92. The SMILES string of the molecule is CNC(=O)[C@@H](Cc1ccccc1)N(Cc1c(Cl)cccc1Cl)C(=O)CN(c1cc(Cl)ccc1OC)S(=O)(=O)c1ccccc1. The molecule has 4 aromatic rings. The minimum atomic E-state index is -4.34. The summed E-state index contributed by atoms with van der Waals surface area (Å²) in [6.07, 6.45) is 0.139. The topological polar surface area (TPSA) is 96.0 Å². The summed E-state index contributed by atoms with van der Waals surface area (Å²) in [5.41, 5.74) is 1.24. The van der Waals surface area contributed by atoms with Crippen molar-refractivity contribution < 1.29 is 22.7 Å². The molecule has 0 radical (unpaired) electrons. The summed E-state index contributed by atoms with van der Waals surface area (Å²) in [4.78, 5) is 29.1. The Bertz CT molecular complexity index is 1700. The zero-order valence-corrected chi connectivity index (χ0v) is 27.0. The number of methoxy groups -OCH3 is 1. The average molecular weight is 675 g/mol. The molecule has 8 nitrogen and oxygen atoms in total. The van der Waals surface area contributed by atoms with Gasteiger partial charge in [0, 0.05) is 40.6 Å². The highest BCUT2D eigenvalue weighted by Gasteiger charge is 2.36. The number of nitrogens with one attached hydrogen (secondary N) is 1. The normalized spacial score (nSPS) is 11.8. The van der Waals surface area contributed by atoms with Gasteiger partial charge in [0.1, 0.15) is 18.3 Å². The molecule has 0 aliphatic carbocycles. The zero-order chi connectivity index (χ0) is 31.9. The number of anilines is 1. The minimum absolute atomic E-state index is 0.0486. The third kappa shape index (κ3) is 7.65. The predicted molar refractivity (Wildman–Crippen MR) is 174 cm³/mol. The van der Waals surface area contributed by atoms with Crippen LogP contribution in [-0.4, -0.2) is 51.9 Å². The van der Waals surface area contributed by atoms with Gasteiger partial charge in [0.2, 0.25) is 11.8 Å². The van der Waals surface area contributed by atoms with E-state index in [-0.39, 0.29) is 44.4 Å². The molecule has 0 unspecified atom stereocenters. The number of carbonyl (C=O) groups excluding carboxylic acids is 2. The maximum absolute atomic E-state index is 14.4. The number of carbonyl (C=O) groups is 2. The van der Waals surface area contributed by atoms with Crippen LogP contribution in [0.2, 0.25) is 15.1 Å². The molecule has 1 atom stereocenters. The molecule has 0 aromatic heterocycles. The van der Waals surface area contributed by atoms with Crippen molar-refractivity contribution in [1.82, 2.24) is 10.2 Å². The standard InChI is InChI=1S/C32H30Cl3N3O5S/c1-36-32(40)29(18-22-10-5-3-6-11-22)37(20-25-26(34)14-9-15-27(25)35)31(39)21-38(28-19-23(33)16-17-30(28)43-2)44(41,42)24-12-7-4-8-13-24/h3-17,19,29H,18,20-21H2,1-2H3,(H,36,40)/t29-/m1/s1. The fraction of sp³-hybridized carbons (Fsp3) is 0.188. The summed E-state index contributed by atoms with van der Waals surface area (Å²) in [6.45, 7) is -0.869. The van der Waals surface area contributed by atoms with Crippen molar-refractivity contribution in [2.75, 3.05) is 25.0 Å². The first kappa shape index (κ1) is 33.1. The van der Waals surface area contributed by atoms with E-state index in [0.717, 1.165) is 9.87 Å². The van der Waals surface area contributed by atoms with Crippen LogP contribution in [0, 0.1) is 0 Å². The molecule has 44 heavy (non-hydrogen) atoms. The highest BCUT2D eigenvalue weighted by Crippen LogP contribution is 2.35. The van der Waals surface area contributed by atoms with Crippen LogP contribution in [0.3, 0.4) is 0 Å². The van der Waals surface area contributed by atoms with Crippen molar-refractivity contribution >= 4 is 62.3 Å². The monoisotopic (exact) mass is 673 g/mol. The Morgan fingerprint density at radius 3 is 2.07 bits per heavy atom. The number of likely N-dealkylation sites (N-methyl/N-ethyl adjacent to an activating group) is 1. The quantitative estimate of drug-likeness (QED) is 0.192. The van der Waals surface area contributed by atoms with Gasteiger partial charge in [0.25, 0.3) is 10.0 Å². The van der Waals surface area contributed by atoms with Crippen LogP contribution in [0.25, 0.3) is 0 Å². The lowest BCUT2D eigenvalue weighted by Gasteiger charge is -2.34. The maximum Gasteiger partial charge on any atom is 0.264 e. The fourth-order valence-corrected chi connectivity index (χ4v) is 6.79. The number of rotatable bonds is 12. The Kier molecular flexibility index (Phi) is 11.2. The summed E-state index contributed by atoms with van der Waals surface area (Å²) in [5.74, 6) is -0.968. The number of benzene rings is 4. The Morgan fingerprint density at radius 1 is 0.864 bits per heavy atom. The van der Waals surface area contributed by atoms with E-state index in [2.05, 4.69) is 5.32 Å². The van der Waals surface area contributed by atoms with Crippen molar-refractivity contribution in [2.24, 2.45) is 0 Å². The molecule has 4 aromatic carbocycles. The summed E-state index contributed by atoms with van der Waals surface area (Å²) < 4.78 is 34.7. The number of nitrogens with zero attached hydrogens (tertiary/aromatic N) is 2. The summed E-state index contributed by atoms with van der Waals surface area (Å²) >= 11 is 19.3. The van der Waals surface area contributed by atoms with Crippen LogP contribution < -0.4 is 14.4 Å². The molecule has 0 heterocycles. The minimum Gasteiger partial charge on any atom is -0.495 e. The molecule has 1 N–H and O–H groups in total. The van der Waals surface area contributed by atoms with Gasteiger partial charge in [-0.1, -0.05) is 89.4 Å². The molecule has 0 aliphatic rings. The van der Waals surface area contributed by atoms with Crippen LogP contribution in [-0.2, 0) is 32.6 Å². The van der Waals surface area contributed by atoms with Gasteiger partial charge in [0.05, 0.1) is 17.7 Å². The second kappa shape index (κ2) is 14.8. The van der Waals surface area contributed by atoms with Crippen molar-refractivity contribution in [2.45, 2.75) is 23.9 Å². The molecular formula is C32H30Cl3N3O5S. The average Bonchev–Trinajstić information content (AvgIpc) is 3.03. The third-order valence-electron chi connectivity index (χ3n) is 6.93. The van der Waals surface area contributed by atoms with Crippen LogP contribution in [0.15, 0.2) is 102 Å². The third-order valence-corrected chi connectivity index (χ3v) is 9.64. The summed E-state index contributed by atoms with van der Waals surface area (Å²) in [5, 5.41) is 3.44. The molecule has 0 saturated carbocycles. The van der Waals surface area contributed by atoms with E-state index < -0.39 is 34.4 Å². The molecule has 4 rings (SSSR count). The van der Waals surface area contributed by atoms with Gasteiger partial charge >= 0.3 is 0 Å². The number of sulfonamides is 1. The number of hydrogen-bond acceptors (Lipinski definition) is 5. The largest absolute Gasteiger partial charge is 0.495 e. The lowest BCUT2D eigenvalue weighted by molar-refractivity contribution is -0.139. The van der Waals surface area contributed by atoms with E-state index in [0.29, 0.717) is 5.56 Å². The first-order chi connectivity index (χ1) is 21.1. The molecule has 0 bridgehead atoms. The number of ether oxygens (including phenoxy) is 1. The van der Waals surface area contributed by atoms with Gasteiger partial charge in [0.15, 0.2) is 0 Å². The van der Waals surface area contributed by atoms with E-state index in [9.17, 15) is 18.0 Å². The number of halogens is 3. The van der Waals surface area contributed by atoms with Gasteiger partial charge in [-0.3, -0.25) is 13.9 Å². The first-order valence-corrected chi connectivity index (χ1v) is 16.0. The van der Waals surface area contributed by atoms with Gasteiger partial charge in [-0.25, -0.2) is 8.42 Å². The van der Waals surface area contributed by atoms with Crippen LogP contribution in [0.1, 0.15) is 11.1 Å². The van der Waals surface area contributed by atoms with Gasteiger partial charge in [-0.15, -0.1) is 0 Å². The van der Waals surface area contributed by atoms with Crippen molar-refractivity contribution in [3.05, 3.63) is 123 Å². The fourth-order valence-electron chi connectivity index (χ4n) is 4.67. The molecular weight excluding hydrogens is 645 g/mol. The van der Waals surface area contributed by atoms with Gasteiger partial charge < -0.3 is 15.0 Å². The lowest BCUT2D eigenvalue weighted by atomic mass is 10.0. The second-order valence-corrected chi connectivity index (χ2v) is 12.8. The Labute approximate surface area is 272 Å². The van der Waals surface area contributed by atoms with Crippen molar-refractivity contribution in [1.29, 1.82) is 0 Å². The first-order valence-electron chi connectivity index (χ1n) is 13.5. The zero-order valence-electron chi connectivity index (χ0n) is 23.9. The summed E-state index contributed by atoms with van der Waals surface area (Å²) in [6, 6.07) is 25.2. The Morgan fingerprint density at radius 2 is 1.48 bits per heavy atom. The van der Waals surface area contributed by atoms with Crippen LogP contribution in [0.5, 0.6) is 5.75 Å². The second-order valence-electron chi connectivity index (χ2n) is 9.68. The molecule has 0 saturated heterocycles. The maximum atomic E-state index is 14.4. The molecule has 0 spiro atoms. The Balaban J connectivity index is 1.86. The van der Waals surface area contributed by atoms with Crippen molar-refractivity contribution in [3.63, 3.8) is 0 Å². The van der Waals surface area contributed by atoms with Gasteiger partial charge in [-0.2, -0.15) is 0 Å². The molecule has 2 amide bonds. The highest BCUT2D eigenvalue weighted by atomic mass is 35.5. The number of hydrogen-bond donors (Lipinski definition) is 1. The predicted octanol–water partition coefficient (Wildman–Crippen LogP) is 6.24. The molecule has 230 valence electrons. The van der Waals surface area contributed by atoms with Gasteiger partial charge in [-0.05, 0) is 48.0 Å².